The number of benzene rings is 1. The molecular weight excluding hydrogens is 292 g/mol. The van der Waals surface area contributed by atoms with Gasteiger partial charge in [0.15, 0.2) is 0 Å². The summed E-state index contributed by atoms with van der Waals surface area (Å²) in [5.74, 6) is -1.32. The Bertz CT molecular complexity index is 483. The number of rotatable bonds is 10. The van der Waals surface area contributed by atoms with Crippen molar-refractivity contribution >= 4 is 11.9 Å². The lowest BCUT2D eigenvalue weighted by Crippen LogP contribution is -2.19. The highest BCUT2D eigenvalue weighted by molar-refractivity contribution is 5.72. The molecule has 0 aliphatic rings. The van der Waals surface area contributed by atoms with Gasteiger partial charge < -0.3 is 9.84 Å². The predicted octanol–water partition coefficient (Wildman–Crippen LogP) is 4.25. The Hall–Kier alpha value is -1.84. The van der Waals surface area contributed by atoms with E-state index in [1.54, 1.807) is 6.92 Å². The van der Waals surface area contributed by atoms with E-state index in [0.717, 1.165) is 12.8 Å². The second kappa shape index (κ2) is 10.0. The van der Waals surface area contributed by atoms with E-state index in [0.29, 0.717) is 25.2 Å². The molecule has 1 aromatic rings. The molecule has 0 spiro atoms. The number of carboxylic acid groups (broad SMARTS) is 1. The van der Waals surface area contributed by atoms with Gasteiger partial charge in [-0.2, -0.15) is 0 Å². The molecule has 128 valence electrons. The lowest BCUT2D eigenvalue weighted by Gasteiger charge is -2.19. The zero-order chi connectivity index (χ0) is 17.2. The number of aliphatic carboxylic acids is 1. The molecular formula is C19H28O4. The molecule has 0 bridgehead atoms. The molecule has 0 heterocycles. The number of hydrogen-bond acceptors (Lipinski definition) is 3. The van der Waals surface area contributed by atoms with E-state index in [-0.39, 0.29) is 11.9 Å². The highest BCUT2D eigenvalue weighted by atomic mass is 16.5. The summed E-state index contributed by atoms with van der Waals surface area (Å²) in [5, 5.41) is 9.42. The quantitative estimate of drug-likeness (QED) is 0.655. The Balaban J connectivity index is 2.55. The molecule has 3 atom stereocenters. The number of carboxylic acids is 1. The summed E-state index contributed by atoms with van der Waals surface area (Å²) in [6, 6.07) is 10.2. The molecule has 0 aromatic heterocycles. The van der Waals surface area contributed by atoms with Crippen LogP contribution in [0.5, 0.6) is 0 Å². The maximum atomic E-state index is 11.5. The average Bonchev–Trinajstić information content (AvgIpc) is 2.57. The molecule has 1 rings (SSSR count). The molecule has 0 amide bonds. The maximum Gasteiger partial charge on any atom is 0.308 e. The van der Waals surface area contributed by atoms with E-state index >= 15 is 0 Å². The molecule has 0 aliphatic heterocycles. The molecule has 0 saturated carbocycles. The zero-order valence-corrected chi connectivity index (χ0v) is 14.3. The summed E-state index contributed by atoms with van der Waals surface area (Å²) in [6.07, 6.45) is 3.54. The molecule has 0 aliphatic carbocycles. The highest BCUT2D eigenvalue weighted by Crippen LogP contribution is 2.28. The van der Waals surface area contributed by atoms with Gasteiger partial charge in [-0.3, -0.25) is 9.59 Å². The van der Waals surface area contributed by atoms with Crippen LogP contribution in [0.15, 0.2) is 30.3 Å². The normalized spacial score (nSPS) is 14.7. The monoisotopic (exact) mass is 320 g/mol. The van der Waals surface area contributed by atoms with Gasteiger partial charge in [0.1, 0.15) is 0 Å². The lowest BCUT2D eigenvalue weighted by atomic mass is 9.86. The minimum absolute atomic E-state index is 0.252. The molecule has 1 aromatic carbocycles. The van der Waals surface area contributed by atoms with Gasteiger partial charge in [-0.05, 0) is 43.6 Å². The number of methoxy groups -OCH3 is 1. The summed E-state index contributed by atoms with van der Waals surface area (Å²) >= 11 is 0. The first-order valence-corrected chi connectivity index (χ1v) is 8.35. The third-order valence-electron chi connectivity index (χ3n) is 4.53. The van der Waals surface area contributed by atoms with Crippen molar-refractivity contribution in [3.05, 3.63) is 35.9 Å². The van der Waals surface area contributed by atoms with Crippen molar-refractivity contribution in [2.24, 2.45) is 11.8 Å². The van der Waals surface area contributed by atoms with Crippen LogP contribution in [-0.2, 0) is 14.3 Å². The molecule has 0 saturated heterocycles. The van der Waals surface area contributed by atoms with Gasteiger partial charge in [0, 0.05) is 0 Å². The van der Waals surface area contributed by atoms with Crippen molar-refractivity contribution in [2.45, 2.75) is 51.9 Å². The smallest absolute Gasteiger partial charge is 0.308 e. The van der Waals surface area contributed by atoms with E-state index in [1.165, 1.54) is 12.7 Å². The number of ether oxygens (including phenoxy) is 1. The molecule has 4 nitrogen and oxygen atoms in total. The van der Waals surface area contributed by atoms with E-state index in [9.17, 15) is 14.7 Å². The first-order chi connectivity index (χ1) is 11.0. The molecule has 23 heavy (non-hydrogen) atoms. The van der Waals surface area contributed by atoms with Crippen molar-refractivity contribution in [1.82, 2.24) is 0 Å². The minimum atomic E-state index is -0.773. The summed E-state index contributed by atoms with van der Waals surface area (Å²) in [5.41, 5.74) is 1.27. The van der Waals surface area contributed by atoms with Crippen LogP contribution < -0.4 is 0 Å². The van der Waals surface area contributed by atoms with Gasteiger partial charge >= 0.3 is 11.9 Å². The third kappa shape index (κ3) is 6.43. The Kier molecular flexibility index (Phi) is 8.38. The average molecular weight is 320 g/mol. The van der Waals surface area contributed by atoms with Crippen molar-refractivity contribution in [3.63, 3.8) is 0 Å². The minimum Gasteiger partial charge on any atom is -0.481 e. The van der Waals surface area contributed by atoms with Crippen LogP contribution in [0.3, 0.4) is 0 Å². The van der Waals surface area contributed by atoms with Crippen LogP contribution in [0, 0.1) is 11.8 Å². The van der Waals surface area contributed by atoms with Crippen LogP contribution in [0.25, 0.3) is 0 Å². The Morgan fingerprint density at radius 2 is 1.70 bits per heavy atom. The van der Waals surface area contributed by atoms with Crippen molar-refractivity contribution in [3.8, 4) is 0 Å². The summed E-state index contributed by atoms with van der Waals surface area (Å²) in [4.78, 5) is 22.9. The van der Waals surface area contributed by atoms with Crippen molar-refractivity contribution in [2.75, 3.05) is 7.11 Å². The second-order valence-electron chi connectivity index (χ2n) is 6.13. The van der Waals surface area contributed by atoms with E-state index in [1.807, 2.05) is 18.2 Å². The number of carbonyl (C=O) groups excluding carboxylic acids is 1. The fourth-order valence-electron chi connectivity index (χ4n) is 2.90. The maximum absolute atomic E-state index is 11.5. The van der Waals surface area contributed by atoms with Gasteiger partial charge in [-0.25, -0.2) is 0 Å². The van der Waals surface area contributed by atoms with E-state index < -0.39 is 11.9 Å². The summed E-state index contributed by atoms with van der Waals surface area (Å²) < 4.78 is 4.69. The number of esters is 1. The van der Waals surface area contributed by atoms with Gasteiger partial charge in [-0.15, -0.1) is 0 Å². The van der Waals surface area contributed by atoms with Crippen LogP contribution in [-0.4, -0.2) is 24.2 Å². The van der Waals surface area contributed by atoms with Crippen LogP contribution >= 0.6 is 0 Å². The Morgan fingerprint density at radius 3 is 2.22 bits per heavy atom. The fourth-order valence-corrected chi connectivity index (χ4v) is 2.90. The molecule has 1 N–H and O–H groups in total. The van der Waals surface area contributed by atoms with Crippen molar-refractivity contribution < 1.29 is 19.4 Å². The van der Waals surface area contributed by atoms with Gasteiger partial charge in [0.05, 0.1) is 18.9 Å². The summed E-state index contributed by atoms with van der Waals surface area (Å²) in [6.45, 7) is 3.91. The Morgan fingerprint density at radius 1 is 1.09 bits per heavy atom. The third-order valence-corrected chi connectivity index (χ3v) is 4.53. The molecule has 0 fully saturated rings. The zero-order valence-electron chi connectivity index (χ0n) is 14.3. The molecule has 0 radical (unpaired) electrons. The van der Waals surface area contributed by atoms with Gasteiger partial charge in [-0.1, -0.05) is 44.2 Å². The first kappa shape index (κ1) is 19.2. The number of carbonyl (C=O) groups is 2. The van der Waals surface area contributed by atoms with E-state index in [2.05, 4.69) is 19.1 Å². The molecule has 4 heteroatoms. The highest BCUT2D eigenvalue weighted by Gasteiger charge is 2.22. The van der Waals surface area contributed by atoms with Gasteiger partial charge in [0.2, 0.25) is 0 Å². The lowest BCUT2D eigenvalue weighted by molar-refractivity contribution is -0.147. The topological polar surface area (TPSA) is 63.6 Å². The molecule has 3 unspecified atom stereocenters. The summed E-state index contributed by atoms with van der Waals surface area (Å²) in [7, 11) is 1.36. The second-order valence-corrected chi connectivity index (χ2v) is 6.13. The fraction of sp³-hybridized carbons (Fsp3) is 0.579. The largest absolute Gasteiger partial charge is 0.481 e. The van der Waals surface area contributed by atoms with E-state index in [4.69, 9.17) is 4.74 Å². The first-order valence-electron chi connectivity index (χ1n) is 8.35. The predicted molar refractivity (Wildman–Crippen MR) is 90.2 cm³/mol. The Labute approximate surface area is 138 Å². The standard InChI is InChI=1S/C19H28O4/c1-4-15(16-8-6-5-7-9-16)12-13-17(18(20)21)11-10-14(2)19(22)23-3/h5-9,14-15,17H,4,10-13H2,1-3H3,(H,20,21). The van der Waals surface area contributed by atoms with Crippen LogP contribution in [0.2, 0.25) is 0 Å². The van der Waals surface area contributed by atoms with Gasteiger partial charge in [0.25, 0.3) is 0 Å². The SMILES string of the molecule is CCC(CCC(CCC(C)C(=O)OC)C(=O)O)c1ccccc1. The van der Waals surface area contributed by atoms with Crippen LogP contribution in [0.4, 0.5) is 0 Å². The number of hydrogen-bond donors (Lipinski definition) is 1. The van der Waals surface area contributed by atoms with Crippen LogP contribution in [0.1, 0.15) is 57.4 Å². The van der Waals surface area contributed by atoms with Crippen molar-refractivity contribution in [1.29, 1.82) is 0 Å².